The summed E-state index contributed by atoms with van der Waals surface area (Å²) in [5.74, 6) is -0.459. The third kappa shape index (κ3) is 1.32. The zero-order chi connectivity index (χ0) is 10.1. The Morgan fingerprint density at radius 3 is 2.86 bits per heavy atom. The molecule has 1 aliphatic rings. The zero-order valence-corrected chi connectivity index (χ0v) is 7.23. The van der Waals surface area contributed by atoms with Crippen molar-refractivity contribution in [1.82, 2.24) is 5.32 Å². The van der Waals surface area contributed by atoms with Gasteiger partial charge in [0.1, 0.15) is 6.10 Å². The summed E-state index contributed by atoms with van der Waals surface area (Å²) in [6.45, 7) is 0.301. The number of hydrogen-bond acceptors (Lipinski definition) is 4. The van der Waals surface area contributed by atoms with Crippen molar-refractivity contribution in [3.63, 3.8) is 0 Å². The van der Waals surface area contributed by atoms with E-state index in [1.807, 2.05) is 0 Å². The molecule has 0 bridgehead atoms. The van der Waals surface area contributed by atoms with Gasteiger partial charge in [-0.3, -0.25) is 0 Å². The fraction of sp³-hybridized carbons (Fsp3) is 0.222. The maximum Gasteiger partial charge on any atom is 0.407 e. The summed E-state index contributed by atoms with van der Waals surface area (Å²) in [5, 5.41) is 21.2. The van der Waals surface area contributed by atoms with Crippen molar-refractivity contribution in [3.05, 3.63) is 23.8 Å². The van der Waals surface area contributed by atoms with E-state index in [2.05, 4.69) is 5.32 Å². The summed E-state index contributed by atoms with van der Waals surface area (Å²) in [6, 6.07) is 4.54. The molecule has 1 amide bonds. The average Bonchev–Trinajstić information content (AvgIpc) is 2.57. The third-order valence-electron chi connectivity index (χ3n) is 2.07. The quantitative estimate of drug-likeness (QED) is 0.581. The van der Waals surface area contributed by atoms with Gasteiger partial charge in [-0.15, -0.1) is 0 Å². The first-order chi connectivity index (χ1) is 6.68. The first-order valence-electron chi connectivity index (χ1n) is 4.14. The second-order valence-electron chi connectivity index (χ2n) is 2.99. The molecular weight excluding hydrogens is 186 g/mol. The number of ether oxygens (including phenoxy) is 1. The van der Waals surface area contributed by atoms with Gasteiger partial charge in [-0.25, -0.2) is 4.79 Å². The molecule has 2 rings (SSSR count). The van der Waals surface area contributed by atoms with Gasteiger partial charge in [0, 0.05) is 5.56 Å². The number of carbonyl (C=O) groups excluding carboxylic acids is 1. The Morgan fingerprint density at radius 2 is 2.21 bits per heavy atom. The number of carbonyl (C=O) groups is 1. The predicted molar refractivity (Wildman–Crippen MR) is 47.0 cm³/mol. The van der Waals surface area contributed by atoms with Gasteiger partial charge in [0.15, 0.2) is 11.5 Å². The van der Waals surface area contributed by atoms with E-state index >= 15 is 0 Å². The fourth-order valence-corrected chi connectivity index (χ4v) is 1.37. The summed E-state index contributed by atoms with van der Waals surface area (Å²) < 4.78 is 4.86. The summed E-state index contributed by atoms with van der Waals surface area (Å²) in [6.07, 6.45) is -1.05. The molecule has 5 nitrogen and oxygen atoms in total. The number of alkyl carbamates (subject to hydrolysis) is 1. The summed E-state index contributed by atoms with van der Waals surface area (Å²) in [4.78, 5) is 10.7. The number of aromatic hydroxyl groups is 2. The lowest BCUT2D eigenvalue weighted by Gasteiger charge is -2.10. The van der Waals surface area contributed by atoms with Crippen LogP contribution in [0.25, 0.3) is 0 Å². The molecule has 1 aromatic carbocycles. The molecule has 1 atom stereocenters. The SMILES string of the molecule is O=C1NCC(c2cccc(O)c2O)O1. The highest BCUT2D eigenvalue weighted by atomic mass is 16.6. The predicted octanol–water partition coefficient (Wildman–Crippen LogP) is 0.879. The highest BCUT2D eigenvalue weighted by Gasteiger charge is 2.27. The van der Waals surface area contributed by atoms with Crippen LogP contribution in [0.5, 0.6) is 11.5 Å². The minimum Gasteiger partial charge on any atom is -0.504 e. The number of rotatable bonds is 1. The van der Waals surface area contributed by atoms with Crippen LogP contribution in [-0.4, -0.2) is 22.9 Å². The minimum absolute atomic E-state index is 0.217. The second-order valence-corrected chi connectivity index (χ2v) is 2.99. The van der Waals surface area contributed by atoms with E-state index in [4.69, 9.17) is 4.74 Å². The van der Waals surface area contributed by atoms with Crippen molar-refractivity contribution in [2.75, 3.05) is 6.54 Å². The number of amides is 1. The molecule has 1 aromatic rings. The van der Waals surface area contributed by atoms with Crippen LogP contribution < -0.4 is 5.32 Å². The number of phenols is 2. The number of cyclic esters (lactones) is 1. The van der Waals surface area contributed by atoms with Crippen molar-refractivity contribution < 1.29 is 19.7 Å². The highest BCUT2D eigenvalue weighted by Crippen LogP contribution is 2.34. The lowest BCUT2D eigenvalue weighted by molar-refractivity contribution is 0.139. The molecule has 1 heterocycles. The lowest BCUT2D eigenvalue weighted by atomic mass is 10.1. The van der Waals surface area contributed by atoms with Gasteiger partial charge >= 0.3 is 6.09 Å². The van der Waals surface area contributed by atoms with E-state index in [9.17, 15) is 15.0 Å². The molecule has 3 N–H and O–H groups in total. The van der Waals surface area contributed by atoms with Crippen LogP contribution in [0, 0.1) is 0 Å². The molecule has 0 saturated carbocycles. The maximum absolute atomic E-state index is 10.7. The topological polar surface area (TPSA) is 78.8 Å². The number of benzene rings is 1. The molecular formula is C9H9NO4. The Bertz CT molecular complexity index is 377. The highest BCUT2D eigenvalue weighted by molar-refractivity contribution is 5.70. The van der Waals surface area contributed by atoms with Gasteiger partial charge in [-0.2, -0.15) is 0 Å². The van der Waals surface area contributed by atoms with Crippen LogP contribution in [0.2, 0.25) is 0 Å². The summed E-state index contributed by atoms with van der Waals surface area (Å²) in [7, 11) is 0. The number of hydrogen-bond donors (Lipinski definition) is 3. The van der Waals surface area contributed by atoms with E-state index in [0.717, 1.165) is 0 Å². The molecule has 0 radical (unpaired) electrons. The molecule has 1 saturated heterocycles. The van der Waals surface area contributed by atoms with Gasteiger partial charge in [0.25, 0.3) is 0 Å². The average molecular weight is 195 g/mol. The van der Waals surface area contributed by atoms with Crippen molar-refractivity contribution >= 4 is 6.09 Å². The Labute approximate surface area is 79.9 Å². The van der Waals surface area contributed by atoms with E-state index in [0.29, 0.717) is 12.1 Å². The van der Waals surface area contributed by atoms with E-state index in [-0.39, 0.29) is 11.5 Å². The Morgan fingerprint density at radius 1 is 1.43 bits per heavy atom. The molecule has 1 unspecified atom stereocenters. The normalized spacial score (nSPS) is 20.3. The minimum atomic E-state index is -0.533. The zero-order valence-electron chi connectivity index (χ0n) is 7.23. The first kappa shape index (κ1) is 8.68. The largest absolute Gasteiger partial charge is 0.504 e. The van der Waals surface area contributed by atoms with Crippen LogP contribution in [0.1, 0.15) is 11.7 Å². The molecule has 0 spiro atoms. The van der Waals surface area contributed by atoms with Gasteiger partial charge in [0.2, 0.25) is 0 Å². The van der Waals surface area contributed by atoms with Crippen LogP contribution in [-0.2, 0) is 4.74 Å². The second kappa shape index (κ2) is 3.10. The van der Waals surface area contributed by atoms with Crippen LogP contribution in [0.4, 0.5) is 4.79 Å². The molecule has 0 aliphatic carbocycles. The third-order valence-corrected chi connectivity index (χ3v) is 2.07. The van der Waals surface area contributed by atoms with Crippen molar-refractivity contribution in [2.24, 2.45) is 0 Å². The van der Waals surface area contributed by atoms with E-state index in [1.54, 1.807) is 12.1 Å². The van der Waals surface area contributed by atoms with E-state index in [1.165, 1.54) is 6.07 Å². The Hall–Kier alpha value is -1.91. The van der Waals surface area contributed by atoms with Crippen molar-refractivity contribution in [3.8, 4) is 11.5 Å². The van der Waals surface area contributed by atoms with Crippen LogP contribution in [0.3, 0.4) is 0 Å². The van der Waals surface area contributed by atoms with Crippen molar-refractivity contribution in [2.45, 2.75) is 6.10 Å². The Kier molecular flexibility index (Phi) is 1.92. The molecule has 74 valence electrons. The number of para-hydroxylation sites is 1. The van der Waals surface area contributed by atoms with Crippen molar-refractivity contribution in [1.29, 1.82) is 0 Å². The van der Waals surface area contributed by atoms with Gasteiger partial charge in [-0.05, 0) is 6.07 Å². The molecule has 5 heteroatoms. The van der Waals surface area contributed by atoms with Gasteiger partial charge in [-0.1, -0.05) is 12.1 Å². The van der Waals surface area contributed by atoms with Crippen LogP contribution in [0.15, 0.2) is 18.2 Å². The molecule has 14 heavy (non-hydrogen) atoms. The van der Waals surface area contributed by atoms with E-state index < -0.39 is 12.2 Å². The smallest absolute Gasteiger partial charge is 0.407 e. The number of phenolic OH excluding ortho intramolecular Hbond substituents is 2. The summed E-state index contributed by atoms with van der Waals surface area (Å²) >= 11 is 0. The first-order valence-corrected chi connectivity index (χ1v) is 4.14. The van der Waals surface area contributed by atoms with Gasteiger partial charge < -0.3 is 20.3 Å². The maximum atomic E-state index is 10.7. The Balaban J connectivity index is 2.32. The molecule has 1 fully saturated rings. The number of nitrogens with one attached hydrogen (secondary N) is 1. The monoisotopic (exact) mass is 195 g/mol. The standard InChI is InChI=1S/C9H9NO4/c11-6-3-1-2-5(8(6)12)7-4-10-9(13)14-7/h1-3,7,11-12H,4H2,(H,10,13). The fourth-order valence-electron chi connectivity index (χ4n) is 1.37. The summed E-state index contributed by atoms with van der Waals surface area (Å²) in [5.41, 5.74) is 0.406. The molecule has 1 aliphatic heterocycles. The van der Waals surface area contributed by atoms with Crippen LogP contribution >= 0.6 is 0 Å². The molecule has 0 aromatic heterocycles. The van der Waals surface area contributed by atoms with Gasteiger partial charge in [0.05, 0.1) is 6.54 Å². The lowest BCUT2D eigenvalue weighted by Crippen LogP contribution is -2.12.